The van der Waals surface area contributed by atoms with Crippen LogP contribution < -0.4 is 5.73 Å². The minimum atomic E-state index is 0.534. The fraction of sp³-hybridized carbons (Fsp3) is 0.471. The van der Waals surface area contributed by atoms with E-state index in [2.05, 4.69) is 36.7 Å². The third kappa shape index (κ3) is 2.45. The maximum Gasteiger partial charge on any atom is 0.115 e. The number of aromatic nitrogens is 2. The standard InChI is InChI=1S/C17H23N3/c1-12-8-9-14(10-13(12)2)17-16(18)11-20(19-17)15-6-4-3-5-7-15/h8-11,15H,3-7,18H2,1-2H3. The van der Waals surface area contributed by atoms with Crippen molar-refractivity contribution >= 4 is 5.69 Å². The van der Waals surface area contributed by atoms with Gasteiger partial charge in [-0.2, -0.15) is 5.10 Å². The maximum atomic E-state index is 6.18. The van der Waals surface area contributed by atoms with E-state index in [0.29, 0.717) is 6.04 Å². The highest BCUT2D eigenvalue weighted by Crippen LogP contribution is 2.32. The molecule has 1 heterocycles. The lowest BCUT2D eigenvalue weighted by Crippen LogP contribution is -2.13. The molecule has 0 aliphatic heterocycles. The zero-order chi connectivity index (χ0) is 14.1. The number of nitrogens with zero attached hydrogens (tertiary/aromatic N) is 2. The van der Waals surface area contributed by atoms with E-state index < -0.39 is 0 Å². The van der Waals surface area contributed by atoms with E-state index in [0.717, 1.165) is 16.9 Å². The van der Waals surface area contributed by atoms with Crippen LogP contribution in [-0.4, -0.2) is 9.78 Å². The molecule has 0 amide bonds. The minimum absolute atomic E-state index is 0.534. The lowest BCUT2D eigenvalue weighted by atomic mass is 9.96. The van der Waals surface area contributed by atoms with Crippen LogP contribution >= 0.6 is 0 Å². The lowest BCUT2D eigenvalue weighted by Gasteiger charge is -2.21. The number of rotatable bonds is 2. The molecule has 2 aromatic rings. The number of aryl methyl sites for hydroxylation is 2. The van der Waals surface area contributed by atoms with Crippen molar-refractivity contribution in [1.29, 1.82) is 0 Å². The molecular formula is C17H23N3. The van der Waals surface area contributed by atoms with Gasteiger partial charge in [0.25, 0.3) is 0 Å². The highest BCUT2D eigenvalue weighted by atomic mass is 15.3. The number of anilines is 1. The van der Waals surface area contributed by atoms with Crippen LogP contribution in [0.1, 0.15) is 49.3 Å². The Hall–Kier alpha value is -1.77. The fourth-order valence-electron chi connectivity index (χ4n) is 3.05. The first kappa shape index (κ1) is 13.2. The molecule has 1 aliphatic carbocycles. The van der Waals surface area contributed by atoms with E-state index >= 15 is 0 Å². The SMILES string of the molecule is Cc1ccc(-c2nn(C3CCCCC3)cc2N)cc1C. The summed E-state index contributed by atoms with van der Waals surface area (Å²) in [5, 5.41) is 4.77. The van der Waals surface area contributed by atoms with Gasteiger partial charge in [-0.25, -0.2) is 0 Å². The van der Waals surface area contributed by atoms with Gasteiger partial charge < -0.3 is 5.73 Å². The van der Waals surface area contributed by atoms with Gasteiger partial charge in [0.2, 0.25) is 0 Å². The Morgan fingerprint density at radius 2 is 1.85 bits per heavy atom. The van der Waals surface area contributed by atoms with Gasteiger partial charge in [-0.1, -0.05) is 31.4 Å². The molecule has 20 heavy (non-hydrogen) atoms. The number of benzene rings is 1. The lowest BCUT2D eigenvalue weighted by molar-refractivity contribution is 0.330. The largest absolute Gasteiger partial charge is 0.396 e. The molecule has 0 atom stereocenters. The normalized spacial score (nSPS) is 16.5. The van der Waals surface area contributed by atoms with Gasteiger partial charge >= 0.3 is 0 Å². The van der Waals surface area contributed by atoms with Crippen molar-refractivity contribution in [1.82, 2.24) is 9.78 Å². The van der Waals surface area contributed by atoms with Crippen LogP contribution in [0.15, 0.2) is 24.4 Å². The second-order valence-electron chi connectivity index (χ2n) is 6.00. The summed E-state index contributed by atoms with van der Waals surface area (Å²) < 4.78 is 2.10. The van der Waals surface area contributed by atoms with Gasteiger partial charge in [-0.3, -0.25) is 4.68 Å². The summed E-state index contributed by atoms with van der Waals surface area (Å²) in [4.78, 5) is 0. The third-order valence-electron chi connectivity index (χ3n) is 4.49. The summed E-state index contributed by atoms with van der Waals surface area (Å²) >= 11 is 0. The number of nitrogen functional groups attached to an aromatic ring is 1. The van der Waals surface area contributed by atoms with Crippen molar-refractivity contribution in [3.05, 3.63) is 35.5 Å². The first-order valence-corrected chi connectivity index (χ1v) is 7.57. The van der Waals surface area contributed by atoms with E-state index in [-0.39, 0.29) is 0 Å². The van der Waals surface area contributed by atoms with E-state index in [4.69, 9.17) is 10.8 Å². The molecule has 2 N–H and O–H groups in total. The third-order valence-corrected chi connectivity index (χ3v) is 4.49. The van der Waals surface area contributed by atoms with Gasteiger partial charge in [0.15, 0.2) is 0 Å². The fourth-order valence-corrected chi connectivity index (χ4v) is 3.05. The topological polar surface area (TPSA) is 43.8 Å². The zero-order valence-electron chi connectivity index (χ0n) is 12.4. The molecule has 1 aromatic heterocycles. The molecule has 0 spiro atoms. The average molecular weight is 269 g/mol. The molecular weight excluding hydrogens is 246 g/mol. The van der Waals surface area contributed by atoms with Gasteiger partial charge in [0, 0.05) is 11.8 Å². The highest BCUT2D eigenvalue weighted by Gasteiger charge is 2.18. The molecule has 0 unspecified atom stereocenters. The Bertz CT molecular complexity index is 607. The molecule has 1 fully saturated rings. The first-order chi connectivity index (χ1) is 9.65. The second-order valence-corrected chi connectivity index (χ2v) is 6.00. The van der Waals surface area contributed by atoms with Crippen molar-refractivity contribution in [2.75, 3.05) is 5.73 Å². The summed E-state index contributed by atoms with van der Waals surface area (Å²) in [6.45, 7) is 4.26. The Kier molecular flexibility index (Phi) is 3.51. The minimum Gasteiger partial charge on any atom is -0.396 e. The molecule has 3 rings (SSSR count). The summed E-state index contributed by atoms with van der Waals surface area (Å²) in [5.41, 5.74) is 11.6. The summed E-state index contributed by atoms with van der Waals surface area (Å²) in [6.07, 6.45) is 8.45. The van der Waals surface area contributed by atoms with E-state index in [1.165, 1.54) is 43.2 Å². The van der Waals surface area contributed by atoms with Crippen LogP contribution in [-0.2, 0) is 0 Å². The van der Waals surface area contributed by atoms with Crippen LogP contribution in [0.2, 0.25) is 0 Å². The predicted molar refractivity (Wildman–Crippen MR) is 83.7 cm³/mol. The van der Waals surface area contributed by atoms with Crippen molar-refractivity contribution in [3.8, 4) is 11.3 Å². The molecule has 3 heteroatoms. The molecule has 1 aliphatic rings. The smallest absolute Gasteiger partial charge is 0.115 e. The van der Waals surface area contributed by atoms with Crippen LogP contribution in [0.3, 0.4) is 0 Å². The van der Waals surface area contributed by atoms with E-state index in [1.807, 2.05) is 6.20 Å². The molecule has 1 saturated carbocycles. The summed E-state index contributed by atoms with van der Waals surface area (Å²) in [6, 6.07) is 6.97. The van der Waals surface area contributed by atoms with Crippen LogP contribution in [0.25, 0.3) is 11.3 Å². The molecule has 106 valence electrons. The van der Waals surface area contributed by atoms with Gasteiger partial charge in [0.05, 0.1) is 11.7 Å². The monoisotopic (exact) mass is 269 g/mol. The Labute approximate surface area is 120 Å². The van der Waals surface area contributed by atoms with Crippen LogP contribution in [0.4, 0.5) is 5.69 Å². The predicted octanol–water partition coefficient (Wildman–Crippen LogP) is 4.25. The number of hydrogen-bond donors (Lipinski definition) is 1. The molecule has 3 nitrogen and oxygen atoms in total. The first-order valence-electron chi connectivity index (χ1n) is 7.57. The molecule has 1 aromatic carbocycles. The summed E-state index contributed by atoms with van der Waals surface area (Å²) in [5.74, 6) is 0. The Morgan fingerprint density at radius 3 is 2.55 bits per heavy atom. The van der Waals surface area contributed by atoms with Gasteiger partial charge in [0.1, 0.15) is 5.69 Å². The number of hydrogen-bond acceptors (Lipinski definition) is 2. The average Bonchev–Trinajstić information content (AvgIpc) is 2.85. The Morgan fingerprint density at radius 1 is 1.10 bits per heavy atom. The van der Waals surface area contributed by atoms with Crippen molar-refractivity contribution in [2.45, 2.75) is 52.0 Å². The van der Waals surface area contributed by atoms with Gasteiger partial charge in [-0.15, -0.1) is 0 Å². The molecule has 0 radical (unpaired) electrons. The quantitative estimate of drug-likeness (QED) is 0.885. The molecule has 0 bridgehead atoms. The van der Waals surface area contributed by atoms with E-state index in [9.17, 15) is 0 Å². The van der Waals surface area contributed by atoms with Crippen LogP contribution in [0.5, 0.6) is 0 Å². The maximum absolute atomic E-state index is 6.18. The Balaban J connectivity index is 1.93. The van der Waals surface area contributed by atoms with Crippen molar-refractivity contribution in [3.63, 3.8) is 0 Å². The zero-order valence-corrected chi connectivity index (χ0v) is 12.4. The highest BCUT2D eigenvalue weighted by molar-refractivity contribution is 5.72. The van der Waals surface area contributed by atoms with Crippen molar-refractivity contribution < 1.29 is 0 Å². The molecule has 0 saturated heterocycles. The van der Waals surface area contributed by atoms with Crippen LogP contribution in [0, 0.1) is 13.8 Å². The van der Waals surface area contributed by atoms with Crippen molar-refractivity contribution in [2.24, 2.45) is 0 Å². The number of nitrogens with two attached hydrogens (primary N) is 1. The van der Waals surface area contributed by atoms with E-state index in [1.54, 1.807) is 0 Å². The second kappa shape index (κ2) is 5.31. The summed E-state index contributed by atoms with van der Waals surface area (Å²) in [7, 11) is 0. The van der Waals surface area contributed by atoms with Gasteiger partial charge in [-0.05, 0) is 43.9 Å².